The number of nitrogens with zero attached hydrogens (tertiary/aromatic N) is 2. The lowest BCUT2D eigenvalue weighted by Crippen LogP contribution is -2.32. The van der Waals surface area contributed by atoms with Gasteiger partial charge < -0.3 is 14.4 Å². The highest BCUT2D eigenvalue weighted by Gasteiger charge is 2.33. The first-order valence-corrected chi connectivity index (χ1v) is 9.63. The van der Waals surface area contributed by atoms with Gasteiger partial charge in [-0.15, -0.1) is 0 Å². The van der Waals surface area contributed by atoms with Gasteiger partial charge in [-0.25, -0.2) is 4.98 Å². The number of phenols is 1. The summed E-state index contributed by atoms with van der Waals surface area (Å²) in [6.07, 6.45) is 0.589. The second-order valence-corrected chi connectivity index (χ2v) is 6.80. The van der Waals surface area contributed by atoms with Gasteiger partial charge in [-0.1, -0.05) is 20.8 Å². The molecule has 4 heterocycles. The van der Waals surface area contributed by atoms with Crippen LogP contribution >= 0.6 is 0 Å². The molecule has 6 nitrogen and oxygen atoms in total. The number of phenolic OH excluding ortho intramolecular Hbond substituents is 1. The van der Waals surface area contributed by atoms with Crippen molar-refractivity contribution in [3.63, 3.8) is 0 Å². The number of aromatic nitrogens is 2. The molecule has 0 saturated carbocycles. The second kappa shape index (κ2) is 6.78. The summed E-state index contributed by atoms with van der Waals surface area (Å²) >= 11 is 0. The molecule has 1 aromatic carbocycles. The third-order valence-corrected chi connectivity index (χ3v) is 5.31. The molecule has 5 rings (SSSR count). The number of rotatable bonds is 1. The molecule has 2 aliphatic rings. The zero-order chi connectivity index (χ0) is 20.0. The van der Waals surface area contributed by atoms with Crippen molar-refractivity contribution in [1.29, 1.82) is 0 Å². The number of esters is 1. The van der Waals surface area contributed by atoms with E-state index in [1.807, 2.05) is 32.9 Å². The molecule has 0 saturated heterocycles. The first kappa shape index (κ1) is 18.2. The fraction of sp³-hybridized carbons (Fsp3) is 0.318. The van der Waals surface area contributed by atoms with E-state index in [0.717, 1.165) is 33.4 Å². The average Bonchev–Trinajstić information content (AvgIpc) is 3.05. The van der Waals surface area contributed by atoms with Crippen LogP contribution in [0.5, 0.6) is 5.75 Å². The summed E-state index contributed by atoms with van der Waals surface area (Å²) in [5.41, 5.74) is 4.40. The largest absolute Gasteiger partial charge is 0.508 e. The Labute approximate surface area is 162 Å². The minimum atomic E-state index is -0.404. The number of fused-ring (bicyclic) bond motifs is 5. The molecule has 0 radical (unpaired) electrons. The van der Waals surface area contributed by atoms with E-state index in [9.17, 15) is 14.7 Å². The van der Waals surface area contributed by atoms with Crippen LogP contribution in [0.4, 0.5) is 0 Å². The first-order valence-electron chi connectivity index (χ1n) is 9.63. The maximum Gasteiger partial charge on any atom is 0.313 e. The number of carbonyl (C=O) groups is 1. The Kier molecular flexibility index (Phi) is 4.41. The van der Waals surface area contributed by atoms with Gasteiger partial charge in [0.15, 0.2) is 0 Å². The summed E-state index contributed by atoms with van der Waals surface area (Å²) in [5.74, 6) is -0.493. The van der Waals surface area contributed by atoms with Crippen molar-refractivity contribution in [2.75, 3.05) is 0 Å². The van der Waals surface area contributed by atoms with Gasteiger partial charge in [-0.2, -0.15) is 0 Å². The summed E-state index contributed by atoms with van der Waals surface area (Å²) in [6, 6.07) is 8.91. The zero-order valence-electron chi connectivity index (χ0n) is 16.2. The predicted octanol–water partition coefficient (Wildman–Crippen LogP) is 3.71. The molecule has 0 spiro atoms. The van der Waals surface area contributed by atoms with Gasteiger partial charge in [-0.05, 0) is 42.3 Å². The molecular weight excluding hydrogens is 356 g/mol. The van der Waals surface area contributed by atoms with Crippen LogP contribution in [0, 0.1) is 0 Å². The Morgan fingerprint density at radius 3 is 2.75 bits per heavy atom. The Morgan fingerprint density at radius 2 is 2.00 bits per heavy atom. The molecule has 1 unspecified atom stereocenters. The maximum atomic E-state index is 13.0. The number of pyridine rings is 2. The number of carbonyl (C=O) groups excluding carboxylic acids is 1. The number of cyclic esters (lactones) is 1. The quantitative estimate of drug-likeness (QED) is 0.511. The van der Waals surface area contributed by atoms with Crippen molar-refractivity contribution in [3.8, 4) is 17.1 Å². The summed E-state index contributed by atoms with van der Waals surface area (Å²) in [7, 11) is 0. The van der Waals surface area contributed by atoms with Crippen molar-refractivity contribution in [1.82, 2.24) is 9.55 Å². The molecule has 144 valence electrons. The van der Waals surface area contributed by atoms with E-state index in [1.165, 1.54) is 0 Å². The smallest absolute Gasteiger partial charge is 0.313 e. The molecule has 1 atom stereocenters. The highest BCUT2D eigenvalue weighted by atomic mass is 16.5. The van der Waals surface area contributed by atoms with E-state index in [1.54, 1.807) is 22.8 Å². The van der Waals surface area contributed by atoms with Crippen molar-refractivity contribution < 1.29 is 14.6 Å². The van der Waals surface area contributed by atoms with Crippen LogP contribution in [0.3, 0.4) is 0 Å². The third-order valence-electron chi connectivity index (χ3n) is 5.31. The minimum Gasteiger partial charge on any atom is -0.508 e. The molecule has 0 amide bonds. The number of hydrogen-bond donors (Lipinski definition) is 1. The molecule has 6 heteroatoms. The van der Waals surface area contributed by atoms with Crippen LogP contribution < -0.4 is 5.56 Å². The van der Waals surface area contributed by atoms with Crippen molar-refractivity contribution >= 4 is 16.9 Å². The highest BCUT2D eigenvalue weighted by Crippen LogP contribution is 2.36. The van der Waals surface area contributed by atoms with Gasteiger partial charge in [0.25, 0.3) is 5.56 Å². The standard InChI is InChI=1S/C20H16N2O4.C2H6/c1-2-13-14-7-17-18-11(5-10-6-12(23)3-4-16(10)21-18)8-22(17)19(24)15(14)9-26-20(13)25;1-2/h3-7,13,23H,2,8-9H2,1H3;1-2H3. The summed E-state index contributed by atoms with van der Waals surface area (Å²) in [5, 5.41) is 10.5. The topological polar surface area (TPSA) is 81.4 Å². The fourth-order valence-corrected chi connectivity index (χ4v) is 4.00. The molecule has 2 aliphatic heterocycles. The zero-order valence-corrected chi connectivity index (χ0v) is 16.2. The highest BCUT2D eigenvalue weighted by molar-refractivity contribution is 5.86. The molecule has 0 aliphatic carbocycles. The lowest BCUT2D eigenvalue weighted by atomic mass is 9.90. The summed E-state index contributed by atoms with van der Waals surface area (Å²) in [4.78, 5) is 29.8. The van der Waals surface area contributed by atoms with Crippen LogP contribution in [0.1, 0.15) is 49.8 Å². The van der Waals surface area contributed by atoms with E-state index >= 15 is 0 Å². The maximum absolute atomic E-state index is 13.0. The number of hydrogen-bond acceptors (Lipinski definition) is 5. The average molecular weight is 378 g/mol. The van der Waals surface area contributed by atoms with E-state index < -0.39 is 5.92 Å². The number of aromatic hydroxyl groups is 1. The Balaban J connectivity index is 0.000000932. The van der Waals surface area contributed by atoms with Crippen LogP contribution in [-0.2, 0) is 22.7 Å². The number of ether oxygens (including phenoxy) is 1. The molecule has 28 heavy (non-hydrogen) atoms. The van der Waals surface area contributed by atoms with E-state index in [0.29, 0.717) is 18.5 Å². The molecule has 3 aromatic rings. The summed E-state index contributed by atoms with van der Waals surface area (Å²) in [6.45, 7) is 6.38. The summed E-state index contributed by atoms with van der Waals surface area (Å²) < 4.78 is 6.90. The monoisotopic (exact) mass is 378 g/mol. The van der Waals surface area contributed by atoms with Gasteiger partial charge in [0.05, 0.1) is 34.9 Å². The van der Waals surface area contributed by atoms with Gasteiger partial charge in [0, 0.05) is 10.9 Å². The van der Waals surface area contributed by atoms with Gasteiger partial charge in [0.1, 0.15) is 12.4 Å². The Hall–Kier alpha value is -3.15. The van der Waals surface area contributed by atoms with Crippen molar-refractivity contribution in [2.45, 2.75) is 46.3 Å². The van der Waals surface area contributed by atoms with Gasteiger partial charge in [0.2, 0.25) is 0 Å². The Morgan fingerprint density at radius 1 is 1.21 bits per heavy atom. The van der Waals surface area contributed by atoms with E-state index in [4.69, 9.17) is 9.72 Å². The van der Waals surface area contributed by atoms with Crippen LogP contribution in [0.25, 0.3) is 22.3 Å². The SMILES string of the molecule is CC.CCC1C(=O)OCc2c1cc1n(c2=O)Cc2cc3cc(O)ccc3nc2-1. The van der Waals surface area contributed by atoms with Crippen LogP contribution in [0.15, 0.2) is 35.1 Å². The van der Waals surface area contributed by atoms with Crippen LogP contribution in [-0.4, -0.2) is 20.6 Å². The van der Waals surface area contributed by atoms with Crippen molar-refractivity contribution in [2.24, 2.45) is 0 Å². The van der Waals surface area contributed by atoms with E-state index in [2.05, 4.69) is 0 Å². The Bertz CT molecular complexity index is 1160. The lowest BCUT2D eigenvalue weighted by molar-refractivity contribution is -0.148. The fourth-order valence-electron chi connectivity index (χ4n) is 4.00. The third kappa shape index (κ3) is 2.59. The minimum absolute atomic E-state index is 0.0312. The lowest BCUT2D eigenvalue weighted by Gasteiger charge is -2.24. The molecular formula is C22H22N2O4. The van der Waals surface area contributed by atoms with Gasteiger partial charge in [-0.3, -0.25) is 9.59 Å². The number of benzene rings is 1. The molecule has 0 bridgehead atoms. The van der Waals surface area contributed by atoms with Crippen LogP contribution in [0.2, 0.25) is 0 Å². The van der Waals surface area contributed by atoms with E-state index in [-0.39, 0.29) is 23.9 Å². The van der Waals surface area contributed by atoms with Gasteiger partial charge >= 0.3 is 5.97 Å². The second-order valence-electron chi connectivity index (χ2n) is 6.80. The van der Waals surface area contributed by atoms with Crippen molar-refractivity contribution in [3.05, 3.63) is 57.4 Å². The predicted molar refractivity (Wildman–Crippen MR) is 106 cm³/mol. The molecule has 1 N–H and O–H groups in total. The molecule has 2 aromatic heterocycles. The first-order chi connectivity index (χ1) is 13.6. The molecule has 0 fully saturated rings. The normalized spacial score (nSPS) is 16.5.